The molecule has 1 aliphatic rings. The van der Waals surface area contributed by atoms with E-state index in [0.717, 1.165) is 28.4 Å². The van der Waals surface area contributed by atoms with Gasteiger partial charge in [0.1, 0.15) is 10.8 Å². The van der Waals surface area contributed by atoms with Crippen molar-refractivity contribution in [3.05, 3.63) is 45.9 Å². The number of aromatic nitrogens is 1. The van der Waals surface area contributed by atoms with Gasteiger partial charge in [0.2, 0.25) is 0 Å². The maximum Gasteiger partial charge on any atom is 0.189 e. The van der Waals surface area contributed by atoms with Gasteiger partial charge in [-0.25, -0.2) is 9.98 Å². The van der Waals surface area contributed by atoms with Crippen LogP contribution in [0.15, 0.2) is 34.6 Å². The molecule has 21 heavy (non-hydrogen) atoms. The lowest BCUT2D eigenvalue weighted by Crippen LogP contribution is -2.37. The zero-order chi connectivity index (χ0) is 14.7. The monoisotopic (exact) mass is 302 g/mol. The number of thiazole rings is 1. The summed E-state index contributed by atoms with van der Waals surface area (Å²) in [6.45, 7) is 3.18. The largest absolute Gasteiger partial charge is 0.493 e. The van der Waals surface area contributed by atoms with Crippen LogP contribution in [-0.4, -0.2) is 17.6 Å². The van der Waals surface area contributed by atoms with Crippen molar-refractivity contribution in [3.63, 3.8) is 0 Å². The summed E-state index contributed by atoms with van der Waals surface area (Å²) < 4.78 is 5.64. The Morgan fingerprint density at radius 2 is 2.38 bits per heavy atom. The van der Waals surface area contributed by atoms with Crippen LogP contribution in [0.25, 0.3) is 0 Å². The highest BCUT2D eigenvalue weighted by molar-refractivity contribution is 7.09. The molecule has 2 aromatic rings. The number of guanidine groups is 1. The van der Waals surface area contributed by atoms with E-state index >= 15 is 0 Å². The average Bonchev–Trinajstić information content (AvgIpc) is 2.91. The Balaban J connectivity index is 1.66. The second-order valence-electron chi connectivity index (χ2n) is 4.96. The van der Waals surface area contributed by atoms with Crippen LogP contribution in [0, 0.1) is 6.92 Å². The van der Waals surface area contributed by atoms with Crippen LogP contribution in [0.4, 0.5) is 0 Å². The first-order valence-corrected chi connectivity index (χ1v) is 7.79. The number of benzene rings is 1. The number of hydrogen-bond acceptors (Lipinski definition) is 4. The Hall–Kier alpha value is -2.08. The first-order chi connectivity index (χ1) is 10.2. The van der Waals surface area contributed by atoms with Crippen molar-refractivity contribution in [3.8, 4) is 5.75 Å². The molecule has 3 rings (SSSR count). The average molecular weight is 302 g/mol. The van der Waals surface area contributed by atoms with Gasteiger partial charge in [0.15, 0.2) is 5.96 Å². The van der Waals surface area contributed by atoms with Gasteiger partial charge in [-0.2, -0.15) is 0 Å². The summed E-state index contributed by atoms with van der Waals surface area (Å²) in [6, 6.07) is 8.17. The third kappa shape index (κ3) is 3.33. The lowest BCUT2D eigenvalue weighted by Gasteiger charge is -2.26. The predicted molar refractivity (Wildman–Crippen MR) is 84.6 cm³/mol. The second kappa shape index (κ2) is 6.13. The number of nitrogens with one attached hydrogen (secondary N) is 1. The third-order valence-corrected chi connectivity index (χ3v) is 4.28. The molecule has 0 fully saturated rings. The van der Waals surface area contributed by atoms with Crippen molar-refractivity contribution in [2.75, 3.05) is 6.61 Å². The normalized spacial score (nSPS) is 18.0. The van der Waals surface area contributed by atoms with E-state index < -0.39 is 0 Å². The minimum atomic E-state index is 0.150. The maximum atomic E-state index is 5.99. The number of nitrogens with zero attached hydrogens (tertiary/aromatic N) is 2. The van der Waals surface area contributed by atoms with Crippen molar-refractivity contribution in [2.45, 2.75) is 25.9 Å². The molecule has 0 amide bonds. The molecule has 1 aromatic heterocycles. The number of ether oxygens (including phenoxy) is 1. The van der Waals surface area contributed by atoms with E-state index in [-0.39, 0.29) is 6.04 Å². The van der Waals surface area contributed by atoms with Gasteiger partial charge < -0.3 is 15.8 Å². The van der Waals surface area contributed by atoms with Crippen molar-refractivity contribution < 1.29 is 4.74 Å². The number of fused-ring (bicyclic) bond motifs is 1. The Bertz CT molecular complexity index is 653. The quantitative estimate of drug-likeness (QED) is 0.674. The van der Waals surface area contributed by atoms with Crippen LogP contribution in [-0.2, 0) is 6.54 Å². The molecule has 1 aromatic carbocycles. The van der Waals surface area contributed by atoms with E-state index in [1.54, 1.807) is 11.3 Å². The van der Waals surface area contributed by atoms with Gasteiger partial charge in [-0.3, -0.25) is 0 Å². The molecular weight excluding hydrogens is 284 g/mol. The molecule has 2 heterocycles. The van der Waals surface area contributed by atoms with Gasteiger partial charge in [-0.15, -0.1) is 11.3 Å². The van der Waals surface area contributed by atoms with Gasteiger partial charge in [0.05, 0.1) is 19.2 Å². The van der Waals surface area contributed by atoms with Crippen LogP contribution in [0.5, 0.6) is 5.75 Å². The zero-order valence-corrected chi connectivity index (χ0v) is 12.7. The summed E-state index contributed by atoms with van der Waals surface area (Å²) in [4.78, 5) is 8.74. The number of hydrogen-bond donors (Lipinski definition) is 2. The topological polar surface area (TPSA) is 72.5 Å². The molecule has 0 spiro atoms. The van der Waals surface area contributed by atoms with E-state index in [2.05, 4.69) is 21.4 Å². The van der Waals surface area contributed by atoms with Crippen LogP contribution in [0.3, 0.4) is 0 Å². The smallest absolute Gasteiger partial charge is 0.189 e. The predicted octanol–water partition coefficient (Wildman–Crippen LogP) is 2.38. The van der Waals surface area contributed by atoms with Gasteiger partial charge >= 0.3 is 0 Å². The molecule has 0 radical (unpaired) electrons. The zero-order valence-electron chi connectivity index (χ0n) is 11.9. The molecule has 0 bridgehead atoms. The molecule has 1 unspecified atom stereocenters. The molecule has 110 valence electrons. The van der Waals surface area contributed by atoms with Crippen LogP contribution in [0.2, 0.25) is 0 Å². The molecule has 3 N–H and O–H groups in total. The Kier molecular flexibility index (Phi) is 4.06. The molecular formula is C15H18N4OS. The summed E-state index contributed by atoms with van der Waals surface area (Å²) in [5.74, 6) is 1.37. The SMILES string of the molecule is Cc1csc(CN=C(N)NC2CCOc3ccccc32)n1. The summed E-state index contributed by atoms with van der Waals surface area (Å²) in [7, 11) is 0. The van der Waals surface area contributed by atoms with Gasteiger partial charge in [-0.05, 0) is 13.0 Å². The summed E-state index contributed by atoms with van der Waals surface area (Å²) in [5, 5.41) is 6.27. The first-order valence-electron chi connectivity index (χ1n) is 6.91. The van der Waals surface area contributed by atoms with E-state index in [9.17, 15) is 0 Å². The minimum Gasteiger partial charge on any atom is -0.493 e. The molecule has 6 heteroatoms. The summed E-state index contributed by atoms with van der Waals surface area (Å²) >= 11 is 1.60. The summed E-state index contributed by atoms with van der Waals surface area (Å²) in [5.41, 5.74) is 8.15. The number of aryl methyl sites for hydroxylation is 1. The second-order valence-corrected chi connectivity index (χ2v) is 5.90. The van der Waals surface area contributed by atoms with Gasteiger partial charge in [0.25, 0.3) is 0 Å². The fourth-order valence-electron chi connectivity index (χ4n) is 2.34. The molecule has 0 saturated carbocycles. The van der Waals surface area contributed by atoms with Crippen molar-refractivity contribution in [1.29, 1.82) is 0 Å². The van der Waals surface area contributed by atoms with Gasteiger partial charge in [-0.1, -0.05) is 18.2 Å². The van der Waals surface area contributed by atoms with E-state index in [1.807, 2.05) is 30.5 Å². The molecule has 0 saturated heterocycles. The standard InChI is InChI=1S/C15H18N4OS/c1-10-9-21-14(18-10)8-17-15(16)19-12-6-7-20-13-5-3-2-4-11(12)13/h2-5,9,12H,6-8H2,1H3,(H3,16,17,19). The van der Waals surface area contributed by atoms with Crippen molar-refractivity contribution >= 4 is 17.3 Å². The fraction of sp³-hybridized carbons (Fsp3) is 0.333. The third-order valence-electron chi connectivity index (χ3n) is 3.33. The van der Waals surface area contributed by atoms with E-state index in [1.165, 1.54) is 0 Å². The van der Waals surface area contributed by atoms with Crippen LogP contribution < -0.4 is 15.8 Å². The van der Waals surface area contributed by atoms with Crippen LogP contribution in [0.1, 0.15) is 28.7 Å². The molecule has 1 atom stereocenters. The van der Waals surface area contributed by atoms with Crippen LogP contribution >= 0.6 is 11.3 Å². The number of nitrogens with two attached hydrogens (primary N) is 1. The van der Waals surface area contributed by atoms with Crippen molar-refractivity contribution in [2.24, 2.45) is 10.7 Å². The first kappa shape index (κ1) is 13.9. The highest BCUT2D eigenvalue weighted by Crippen LogP contribution is 2.31. The molecule has 1 aliphatic heterocycles. The van der Waals surface area contributed by atoms with Crippen molar-refractivity contribution in [1.82, 2.24) is 10.3 Å². The Morgan fingerprint density at radius 1 is 1.52 bits per heavy atom. The fourth-order valence-corrected chi connectivity index (χ4v) is 3.04. The highest BCUT2D eigenvalue weighted by Gasteiger charge is 2.21. The molecule has 5 nitrogen and oxygen atoms in total. The van der Waals surface area contributed by atoms with Gasteiger partial charge in [0, 0.05) is 23.1 Å². The number of para-hydroxylation sites is 1. The Morgan fingerprint density at radius 3 is 3.19 bits per heavy atom. The van der Waals surface area contributed by atoms with E-state index in [0.29, 0.717) is 19.1 Å². The maximum absolute atomic E-state index is 5.99. The lowest BCUT2D eigenvalue weighted by molar-refractivity contribution is 0.262. The lowest BCUT2D eigenvalue weighted by atomic mass is 10.0. The summed E-state index contributed by atoms with van der Waals surface area (Å²) in [6.07, 6.45) is 0.879. The molecule has 0 aliphatic carbocycles. The minimum absolute atomic E-state index is 0.150. The number of rotatable bonds is 3. The highest BCUT2D eigenvalue weighted by atomic mass is 32.1. The van der Waals surface area contributed by atoms with E-state index in [4.69, 9.17) is 10.5 Å². The Labute approximate surface area is 127 Å². The number of aliphatic imine (C=N–C) groups is 1.